The monoisotopic (exact) mass is 386 g/mol. The van der Waals surface area contributed by atoms with E-state index in [-0.39, 0.29) is 0 Å². The molecule has 3 aliphatic rings. The summed E-state index contributed by atoms with van der Waals surface area (Å²) < 4.78 is 0. The van der Waals surface area contributed by atoms with E-state index in [2.05, 4.69) is 41.5 Å². The first-order valence-corrected chi connectivity index (χ1v) is 12.2. The second-order valence-electron chi connectivity index (χ2n) is 10.4. The van der Waals surface area contributed by atoms with Gasteiger partial charge >= 0.3 is 0 Å². The van der Waals surface area contributed by atoms with Gasteiger partial charge in [-0.1, -0.05) is 25.7 Å². The van der Waals surface area contributed by atoms with Gasteiger partial charge in [0.2, 0.25) is 0 Å². The summed E-state index contributed by atoms with van der Waals surface area (Å²) in [6.45, 7) is 14.3. The Morgan fingerprint density at radius 3 is 1.48 bits per heavy atom. The van der Waals surface area contributed by atoms with E-state index in [1.54, 1.807) is 38.9 Å². The molecule has 0 heteroatoms. The smallest absolute Gasteiger partial charge is 0.000757 e. The fourth-order valence-electron chi connectivity index (χ4n) is 7.18. The lowest BCUT2D eigenvalue weighted by Gasteiger charge is -2.28. The van der Waals surface area contributed by atoms with Crippen LogP contribution in [0.15, 0.2) is 0 Å². The molecule has 3 aliphatic carbocycles. The van der Waals surface area contributed by atoms with Crippen molar-refractivity contribution in [2.75, 3.05) is 0 Å². The summed E-state index contributed by atoms with van der Waals surface area (Å²) in [5, 5.41) is 0. The predicted molar refractivity (Wildman–Crippen MR) is 126 cm³/mol. The Morgan fingerprint density at radius 1 is 0.448 bits per heavy atom. The molecule has 0 unspecified atom stereocenters. The molecule has 154 valence electrons. The molecule has 0 amide bonds. The van der Waals surface area contributed by atoms with Crippen LogP contribution in [0, 0.1) is 41.5 Å². The van der Waals surface area contributed by atoms with Crippen LogP contribution in [0.25, 0.3) is 11.1 Å². The van der Waals surface area contributed by atoms with Crippen LogP contribution in [0.5, 0.6) is 0 Å². The molecule has 2 saturated carbocycles. The maximum Gasteiger partial charge on any atom is -0.000757 e. The molecule has 0 nitrogen and oxygen atoms in total. The maximum absolute atomic E-state index is 2.46. The first kappa shape index (κ1) is 19.4. The van der Waals surface area contributed by atoms with Gasteiger partial charge in [0.25, 0.3) is 0 Å². The number of rotatable bonds is 2. The summed E-state index contributed by atoms with van der Waals surface area (Å²) in [7, 11) is 0. The lowest BCUT2D eigenvalue weighted by atomic mass is 9.76. The lowest BCUT2D eigenvalue weighted by molar-refractivity contribution is 0.655. The third kappa shape index (κ3) is 2.70. The van der Waals surface area contributed by atoms with Gasteiger partial charge in [0.1, 0.15) is 0 Å². The molecule has 0 radical (unpaired) electrons. The zero-order valence-corrected chi connectivity index (χ0v) is 19.5. The van der Waals surface area contributed by atoms with Crippen LogP contribution in [-0.2, 0) is 6.42 Å². The van der Waals surface area contributed by atoms with Crippen molar-refractivity contribution in [2.45, 2.75) is 111 Å². The maximum atomic E-state index is 2.46. The molecule has 0 aliphatic heterocycles. The molecule has 5 rings (SSSR count). The zero-order chi connectivity index (χ0) is 20.4. The van der Waals surface area contributed by atoms with Gasteiger partial charge in [-0.05, 0) is 152 Å². The normalized spacial score (nSPS) is 19.2. The number of hydrogen-bond acceptors (Lipinski definition) is 0. The van der Waals surface area contributed by atoms with Gasteiger partial charge in [0.15, 0.2) is 0 Å². The van der Waals surface area contributed by atoms with Crippen molar-refractivity contribution in [3.63, 3.8) is 0 Å². The van der Waals surface area contributed by atoms with Gasteiger partial charge in [-0.15, -0.1) is 0 Å². The molecule has 29 heavy (non-hydrogen) atoms. The van der Waals surface area contributed by atoms with E-state index in [1.165, 1.54) is 74.5 Å². The van der Waals surface area contributed by atoms with E-state index in [4.69, 9.17) is 0 Å². The Hall–Kier alpha value is -1.56. The molecule has 2 aromatic carbocycles. The Morgan fingerprint density at radius 2 is 0.897 bits per heavy atom. The highest BCUT2D eigenvalue weighted by molar-refractivity contribution is 5.87. The van der Waals surface area contributed by atoms with E-state index >= 15 is 0 Å². The molecular weight excluding hydrogens is 348 g/mol. The van der Waals surface area contributed by atoms with Gasteiger partial charge < -0.3 is 0 Å². The summed E-state index contributed by atoms with van der Waals surface area (Å²) in [4.78, 5) is 0. The predicted octanol–water partition coefficient (Wildman–Crippen LogP) is 8.42. The first-order chi connectivity index (χ1) is 13.9. The van der Waals surface area contributed by atoms with Crippen LogP contribution >= 0.6 is 0 Å². The molecule has 0 aromatic heterocycles. The van der Waals surface area contributed by atoms with Crippen LogP contribution in [0.3, 0.4) is 0 Å². The minimum atomic E-state index is 0.816. The minimum Gasteiger partial charge on any atom is -0.0527 e. The SMILES string of the molecule is Cc1c(C)c(C)c2c(c1C)Cc1c-2c(C)c(C)c(C2CCCC2)c1C1CCCC1. The Bertz CT molecular complexity index is 992. The van der Waals surface area contributed by atoms with Crippen molar-refractivity contribution in [2.24, 2.45) is 0 Å². The molecule has 2 aromatic rings. The number of hydrogen-bond donors (Lipinski definition) is 0. The summed E-state index contributed by atoms with van der Waals surface area (Å²) in [6.07, 6.45) is 12.6. The van der Waals surface area contributed by atoms with Crippen molar-refractivity contribution in [3.05, 3.63) is 55.6 Å². The Labute approximate surface area is 178 Å². The number of benzene rings is 2. The molecule has 2 fully saturated rings. The zero-order valence-electron chi connectivity index (χ0n) is 19.5. The lowest BCUT2D eigenvalue weighted by Crippen LogP contribution is -2.11. The van der Waals surface area contributed by atoms with E-state index in [9.17, 15) is 0 Å². The molecule has 0 saturated heterocycles. The summed E-state index contributed by atoms with van der Waals surface area (Å²) in [5.74, 6) is 1.64. The van der Waals surface area contributed by atoms with Gasteiger partial charge in [-0.25, -0.2) is 0 Å². The van der Waals surface area contributed by atoms with Crippen LogP contribution in [0.2, 0.25) is 0 Å². The quantitative estimate of drug-likeness (QED) is 0.414. The van der Waals surface area contributed by atoms with Gasteiger partial charge in [-0.3, -0.25) is 0 Å². The Balaban J connectivity index is 1.83. The average Bonchev–Trinajstić information content (AvgIpc) is 3.47. The topological polar surface area (TPSA) is 0 Å². The largest absolute Gasteiger partial charge is 0.0527 e. The van der Waals surface area contributed by atoms with E-state index in [0.717, 1.165) is 11.8 Å². The van der Waals surface area contributed by atoms with Crippen molar-refractivity contribution >= 4 is 0 Å². The highest BCUT2D eigenvalue weighted by atomic mass is 14.4. The van der Waals surface area contributed by atoms with Crippen LogP contribution in [0.4, 0.5) is 0 Å². The third-order valence-electron chi connectivity index (χ3n) is 9.21. The molecule has 0 N–H and O–H groups in total. The van der Waals surface area contributed by atoms with Crippen LogP contribution in [0.1, 0.15) is 119 Å². The summed E-state index contributed by atoms with van der Waals surface area (Å²) in [6, 6.07) is 0. The van der Waals surface area contributed by atoms with Crippen molar-refractivity contribution in [1.82, 2.24) is 0 Å². The standard InChI is InChI=1S/C29H38/c1-16-17(2)19(4)27-24(18(16)3)15-25-28(27)21(6)20(5)26(22-11-7-8-12-22)29(25)23-13-9-10-14-23/h22-23H,7-15H2,1-6H3. The van der Waals surface area contributed by atoms with Gasteiger partial charge in [0.05, 0.1) is 0 Å². The second-order valence-corrected chi connectivity index (χ2v) is 10.4. The molecular formula is C29H38. The fraction of sp³-hybridized carbons (Fsp3) is 0.586. The van der Waals surface area contributed by atoms with E-state index in [0.29, 0.717) is 0 Å². The van der Waals surface area contributed by atoms with Crippen LogP contribution in [-0.4, -0.2) is 0 Å². The average molecular weight is 387 g/mol. The highest BCUT2D eigenvalue weighted by Gasteiger charge is 2.36. The summed E-state index contributed by atoms with van der Waals surface area (Å²) >= 11 is 0. The first-order valence-electron chi connectivity index (χ1n) is 12.2. The molecule has 0 atom stereocenters. The van der Waals surface area contributed by atoms with Crippen molar-refractivity contribution < 1.29 is 0 Å². The van der Waals surface area contributed by atoms with Gasteiger partial charge in [0, 0.05) is 0 Å². The summed E-state index contributed by atoms with van der Waals surface area (Å²) in [5.41, 5.74) is 19.6. The molecule has 0 bridgehead atoms. The second kappa shape index (κ2) is 7.00. The molecule has 0 heterocycles. The fourth-order valence-corrected chi connectivity index (χ4v) is 7.18. The van der Waals surface area contributed by atoms with Crippen molar-refractivity contribution in [1.29, 1.82) is 0 Å². The number of fused-ring (bicyclic) bond motifs is 3. The van der Waals surface area contributed by atoms with Crippen LogP contribution < -0.4 is 0 Å². The van der Waals surface area contributed by atoms with Crippen molar-refractivity contribution in [3.8, 4) is 11.1 Å². The minimum absolute atomic E-state index is 0.816. The highest BCUT2D eigenvalue weighted by Crippen LogP contribution is 2.53. The third-order valence-corrected chi connectivity index (χ3v) is 9.21. The van der Waals surface area contributed by atoms with Gasteiger partial charge in [-0.2, -0.15) is 0 Å². The van der Waals surface area contributed by atoms with E-state index in [1.807, 2.05) is 11.1 Å². The Kier molecular flexibility index (Phi) is 4.68. The van der Waals surface area contributed by atoms with E-state index < -0.39 is 0 Å². The molecule has 0 spiro atoms.